The zero-order valence-electron chi connectivity index (χ0n) is 11.6. The molecule has 0 saturated carbocycles. The lowest BCUT2D eigenvalue weighted by Gasteiger charge is -2.17. The van der Waals surface area contributed by atoms with E-state index in [1.165, 1.54) is 0 Å². The van der Waals surface area contributed by atoms with Crippen molar-refractivity contribution in [2.45, 2.75) is 18.6 Å². The van der Waals surface area contributed by atoms with Crippen LogP contribution in [0.15, 0.2) is 35.5 Å². The Morgan fingerprint density at radius 2 is 2.05 bits per heavy atom. The highest BCUT2D eigenvalue weighted by atomic mass is 32.1. The quantitative estimate of drug-likeness (QED) is 0.471. The van der Waals surface area contributed by atoms with Crippen LogP contribution >= 0.6 is 12.6 Å². The smallest absolute Gasteiger partial charge is 0.330 e. The van der Waals surface area contributed by atoms with Crippen LogP contribution in [0.5, 0.6) is 0 Å². The normalized spacial score (nSPS) is 12.9. The Morgan fingerprint density at radius 3 is 2.53 bits per heavy atom. The summed E-state index contributed by atoms with van der Waals surface area (Å²) < 4.78 is 5.36. The molecule has 0 aromatic heterocycles. The van der Waals surface area contributed by atoms with E-state index in [1.54, 1.807) is 26.9 Å². The monoisotopic (exact) mass is 275 g/mol. The molecule has 0 atom stereocenters. The average molecular weight is 275 g/mol. The van der Waals surface area contributed by atoms with Crippen LogP contribution in [-0.4, -0.2) is 32.1 Å². The number of thiol groups is 1. The predicted molar refractivity (Wildman–Crippen MR) is 87.4 cm³/mol. The van der Waals surface area contributed by atoms with E-state index in [9.17, 15) is 0 Å². The summed E-state index contributed by atoms with van der Waals surface area (Å²) in [6.07, 6.45) is 3.28. The van der Waals surface area contributed by atoms with Crippen LogP contribution in [0.1, 0.15) is 19.4 Å². The highest BCUT2D eigenvalue weighted by Gasteiger charge is 2.11. The van der Waals surface area contributed by atoms with Gasteiger partial charge in [0.25, 0.3) is 0 Å². The second-order valence-electron chi connectivity index (χ2n) is 4.87. The molecule has 0 spiro atoms. The maximum atomic E-state index is 5.56. The van der Waals surface area contributed by atoms with Crippen LogP contribution in [0.25, 0.3) is 5.57 Å². The van der Waals surface area contributed by atoms with Crippen molar-refractivity contribution in [3.05, 3.63) is 36.0 Å². The molecular weight excluding hydrogens is 255 g/mol. The number of nitrogens with two attached hydrogens (primary N) is 1. The summed E-state index contributed by atoms with van der Waals surface area (Å²) in [7, 11) is 3.46. The second-order valence-corrected chi connectivity index (χ2v) is 6.08. The van der Waals surface area contributed by atoms with E-state index in [0.29, 0.717) is 6.61 Å². The third-order valence-corrected chi connectivity index (χ3v) is 2.48. The van der Waals surface area contributed by atoms with Gasteiger partial charge in [-0.05, 0) is 19.4 Å². The van der Waals surface area contributed by atoms with E-state index in [4.69, 9.17) is 10.4 Å². The molecule has 1 rings (SSSR count). The summed E-state index contributed by atoms with van der Waals surface area (Å²) in [6.45, 7) is 4.58. The molecule has 0 fully saturated rings. The minimum absolute atomic E-state index is 0.135. The molecule has 0 amide bonds. The summed E-state index contributed by atoms with van der Waals surface area (Å²) in [5.41, 5.74) is 8.49. The number of allylic oxidation sites excluding steroid dienone is 1. The number of aliphatic imine (C=N–C) groups is 1. The van der Waals surface area contributed by atoms with Gasteiger partial charge < -0.3 is 10.4 Å². The van der Waals surface area contributed by atoms with Gasteiger partial charge in [-0.2, -0.15) is 12.6 Å². The summed E-state index contributed by atoms with van der Waals surface area (Å²) in [5, 5.41) is 0. The van der Waals surface area contributed by atoms with Gasteiger partial charge in [-0.1, -0.05) is 29.7 Å². The maximum Gasteiger partial charge on any atom is 0.330 e. The molecule has 5 heteroatoms. The first-order valence-corrected chi connectivity index (χ1v) is 6.52. The van der Waals surface area contributed by atoms with E-state index in [0.717, 1.165) is 16.6 Å². The van der Waals surface area contributed by atoms with Crippen molar-refractivity contribution in [2.24, 2.45) is 10.7 Å². The third kappa shape index (κ3) is 5.99. The molecular formula is C14H20BN2OS. The van der Waals surface area contributed by atoms with E-state index < -0.39 is 0 Å². The van der Waals surface area contributed by atoms with Crippen molar-refractivity contribution >= 4 is 37.4 Å². The maximum absolute atomic E-state index is 5.56. The predicted octanol–water partition coefficient (Wildman–Crippen LogP) is 1.66. The average Bonchev–Trinajstić information content (AvgIpc) is 2.35. The van der Waals surface area contributed by atoms with Gasteiger partial charge >= 0.3 is 7.48 Å². The van der Waals surface area contributed by atoms with Crippen molar-refractivity contribution < 1.29 is 4.65 Å². The topological polar surface area (TPSA) is 47.6 Å². The molecule has 0 aliphatic heterocycles. The van der Waals surface area contributed by atoms with Gasteiger partial charge in [0.05, 0.1) is 0 Å². The van der Waals surface area contributed by atoms with Crippen molar-refractivity contribution in [3.63, 3.8) is 0 Å². The molecule has 0 heterocycles. The fraction of sp³-hybridized carbons (Fsp3) is 0.357. The highest BCUT2D eigenvalue weighted by molar-refractivity contribution is 7.81. The minimum atomic E-state index is -0.135. The SMILES string of the molecule is CN=C/C(=C\N)c1ccc([B]OCC(C)(C)S)cc1. The van der Waals surface area contributed by atoms with Crippen LogP contribution in [0.3, 0.4) is 0 Å². The lowest BCUT2D eigenvalue weighted by molar-refractivity contribution is 0.309. The molecule has 1 aromatic rings. The van der Waals surface area contributed by atoms with Gasteiger partial charge in [-0.15, -0.1) is 0 Å². The molecule has 0 saturated heterocycles. The first-order chi connectivity index (χ1) is 8.96. The van der Waals surface area contributed by atoms with Crippen LogP contribution in [0, 0.1) is 0 Å². The summed E-state index contributed by atoms with van der Waals surface area (Å²) >= 11 is 4.40. The van der Waals surface area contributed by atoms with E-state index >= 15 is 0 Å². The van der Waals surface area contributed by atoms with Crippen LogP contribution < -0.4 is 11.2 Å². The fourth-order valence-electron chi connectivity index (χ4n) is 1.45. The zero-order chi connectivity index (χ0) is 14.3. The Bertz CT molecular complexity index is 450. The molecule has 19 heavy (non-hydrogen) atoms. The summed E-state index contributed by atoms with van der Waals surface area (Å²) in [6, 6.07) is 7.94. The van der Waals surface area contributed by atoms with E-state index in [2.05, 4.69) is 17.6 Å². The Labute approximate surface area is 121 Å². The molecule has 3 nitrogen and oxygen atoms in total. The molecule has 0 aliphatic rings. The van der Waals surface area contributed by atoms with Gasteiger partial charge in [-0.3, -0.25) is 4.99 Å². The standard InChI is InChI=1S/C14H20BN2OS/c1-14(2,19)10-18-15-13-6-4-11(5-7-13)12(8-16)9-17-3/h4-9,19H,10,16H2,1-3H3/b12-8+,17-9?. The number of benzene rings is 1. The van der Waals surface area contributed by atoms with Gasteiger partial charge in [0.15, 0.2) is 0 Å². The Morgan fingerprint density at radius 1 is 1.42 bits per heavy atom. The van der Waals surface area contributed by atoms with Crippen molar-refractivity contribution in [2.75, 3.05) is 13.7 Å². The molecule has 1 radical (unpaired) electrons. The lowest BCUT2D eigenvalue weighted by atomic mass is 9.86. The van der Waals surface area contributed by atoms with Crippen molar-refractivity contribution in [1.82, 2.24) is 0 Å². The Kier molecular flexibility index (Phi) is 6.18. The number of rotatable bonds is 6. The van der Waals surface area contributed by atoms with Crippen molar-refractivity contribution in [3.8, 4) is 0 Å². The lowest BCUT2D eigenvalue weighted by Crippen LogP contribution is -2.25. The largest absolute Gasteiger partial charge is 0.433 e. The number of hydrogen-bond acceptors (Lipinski definition) is 4. The highest BCUT2D eigenvalue weighted by Crippen LogP contribution is 2.11. The molecule has 2 N–H and O–H groups in total. The number of nitrogens with zero attached hydrogens (tertiary/aromatic N) is 1. The van der Waals surface area contributed by atoms with Gasteiger partial charge in [-0.25, -0.2) is 0 Å². The molecule has 1 aromatic carbocycles. The molecule has 0 bridgehead atoms. The van der Waals surface area contributed by atoms with Gasteiger partial charge in [0.1, 0.15) is 0 Å². The Balaban J connectivity index is 2.62. The summed E-state index contributed by atoms with van der Waals surface area (Å²) in [4.78, 5) is 3.97. The zero-order valence-corrected chi connectivity index (χ0v) is 12.5. The van der Waals surface area contributed by atoms with Crippen LogP contribution in [0.2, 0.25) is 0 Å². The van der Waals surface area contributed by atoms with Gasteiger partial charge in [0, 0.05) is 36.4 Å². The third-order valence-electron chi connectivity index (χ3n) is 2.35. The molecule has 101 valence electrons. The minimum Gasteiger partial charge on any atom is -0.433 e. The molecule has 0 aliphatic carbocycles. The number of hydrogen-bond donors (Lipinski definition) is 2. The van der Waals surface area contributed by atoms with Crippen molar-refractivity contribution in [1.29, 1.82) is 0 Å². The fourth-order valence-corrected chi connectivity index (χ4v) is 1.52. The van der Waals surface area contributed by atoms with Crippen LogP contribution in [-0.2, 0) is 4.65 Å². The van der Waals surface area contributed by atoms with E-state index in [-0.39, 0.29) is 4.75 Å². The van der Waals surface area contributed by atoms with E-state index in [1.807, 2.05) is 38.1 Å². The first-order valence-electron chi connectivity index (χ1n) is 6.08. The molecule has 0 unspecified atom stereocenters. The van der Waals surface area contributed by atoms with Crippen LogP contribution in [0.4, 0.5) is 0 Å². The second kappa shape index (κ2) is 7.41. The summed E-state index contributed by atoms with van der Waals surface area (Å²) in [5.74, 6) is 0. The first kappa shape index (κ1) is 15.9. The van der Waals surface area contributed by atoms with Gasteiger partial charge in [0.2, 0.25) is 0 Å². The Hall–Kier alpha value is -1.20.